The summed E-state index contributed by atoms with van der Waals surface area (Å²) < 4.78 is 13.7. The minimum absolute atomic E-state index is 0.155. The maximum absolute atomic E-state index is 12.7. The Morgan fingerprint density at radius 1 is 1.10 bits per heavy atom. The fraction of sp³-hybridized carbons (Fsp3) is 0.360. The summed E-state index contributed by atoms with van der Waals surface area (Å²) in [6, 6.07) is 17.5. The number of carbonyl (C=O) groups is 1. The van der Waals surface area contributed by atoms with Gasteiger partial charge in [0.05, 0.1) is 30.6 Å². The summed E-state index contributed by atoms with van der Waals surface area (Å²) >= 11 is 0. The maximum atomic E-state index is 12.7. The van der Waals surface area contributed by atoms with Crippen LogP contribution in [-0.2, 0) is 11.3 Å². The van der Waals surface area contributed by atoms with Crippen molar-refractivity contribution in [2.24, 2.45) is 5.92 Å². The van der Waals surface area contributed by atoms with E-state index in [-0.39, 0.29) is 5.91 Å². The van der Waals surface area contributed by atoms with E-state index in [0.29, 0.717) is 36.3 Å². The first-order valence-corrected chi connectivity index (χ1v) is 10.8. The predicted molar refractivity (Wildman–Crippen MR) is 120 cm³/mol. The molecule has 1 saturated carbocycles. The number of aromatic nitrogens is 2. The first-order chi connectivity index (χ1) is 15.1. The zero-order valence-corrected chi connectivity index (χ0v) is 18.4. The Morgan fingerprint density at radius 2 is 1.77 bits per heavy atom. The fourth-order valence-corrected chi connectivity index (χ4v) is 3.66. The van der Waals surface area contributed by atoms with Crippen LogP contribution in [0.3, 0.4) is 0 Å². The first-order valence-electron chi connectivity index (χ1n) is 10.8. The third kappa shape index (κ3) is 4.74. The van der Waals surface area contributed by atoms with E-state index in [2.05, 4.69) is 0 Å². The number of rotatable bonds is 9. The van der Waals surface area contributed by atoms with E-state index in [1.54, 1.807) is 7.11 Å². The van der Waals surface area contributed by atoms with Gasteiger partial charge in [0.2, 0.25) is 11.8 Å². The van der Waals surface area contributed by atoms with Gasteiger partial charge in [-0.25, -0.2) is 4.68 Å². The molecule has 6 nitrogen and oxygen atoms in total. The van der Waals surface area contributed by atoms with E-state index in [0.717, 1.165) is 23.5 Å². The molecule has 2 aromatic carbocycles. The normalized spacial score (nSPS) is 13.1. The molecule has 1 fully saturated rings. The van der Waals surface area contributed by atoms with Crippen LogP contribution < -0.4 is 9.47 Å². The molecular weight excluding hydrogens is 390 g/mol. The second kappa shape index (κ2) is 9.25. The minimum Gasteiger partial charge on any atom is -0.493 e. The Morgan fingerprint density at radius 3 is 2.42 bits per heavy atom. The van der Waals surface area contributed by atoms with Crippen LogP contribution in [0.25, 0.3) is 5.69 Å². The summed E-state index contributed by atoms with van der Waals surface area (Å²) in [4.78, 5) is 14.6. The largest absolute Gasteiger partial charge is 0.493 e. The average Bonchev–Trinajstić information content (AvgIpc) is 3.58. The van der Waals surface area contributed by atoms with Gasteiger partial charge in [-0.05, 0) is 49.9 Å². The number of nitrogens with zero attached hydrogens (tertiary/aromatic N) is 3. The fourth-order valence-electron chi connectivity index (χ4n) is 3.66. The Balaban J connectivity index is 1.76. The Hall–Kier alpha value is -3.28. The zero-order valence-electron chi connectivity index (χ0n) is 18.4. The topological polar surface area (TPSA) is 56.6 Å². The summed E-state index contributed by atoms with van der Waals surface area (Å²) in [5, 5.41) is 4.78. The SMILES string of the molecule is CCC(=O)N(Cc1c(C)nn(-c2ccccc2)c1Oc1ccccc1OC)CC1CC1. The lowest BCUT2D eigenvalue weighted by Gasteiger charge is -2.23. The minimum atomic E-state index is 0.155. The highest BCUT2D eigenvalue weighted by atomic mass is 16.5. The van der Waals surface area contributed by atoms with Crippen molar-refractivity contribution in [2.45, 2.75) is 39.7 Å². The van der Waals surface area contributed by atoms with Crippen molar-refractivity contribution in [3.05, 3.63) is 65.9 Å². The standard InChI is InChI=1S/C25H29N3O3/c1-4-24(29)27(16-19-14-15-19)17-21-18(2)26-28(20-10-6-5-7-11-20)25(21)31-23-13-9-8-12-22(23)30-3/h5-13,19H,4,14-17H2,1-3H3. The number of carbonyl (C=O) groups excluding carboxylic acids is 1. The molecule has 31 heavy (non-hydrogen) atoms. The lowest BCUT2D eigenvalue weighted by molar-refractivity contribution is -0.131. The van der Waals surface area contributed by atoms with Gasteiger partial charge in [0.15, 0.2) is 11.5 Å². The molecule has 6 heteroatoms. The number of benzene rings is 2. The van der Waals surface area contributed by atoms with Crippen LogP contribution in [0.15, 0.2) is 54.6 Å². The van der Waals surface area contributed by atoms with Gasteiger partial charge in [-0.1, -0.05) is 37.3 Å². The summed E-state index contributed by atoms with van der Waals surface area (Å²) in [7, 11) is 1.63. The van der Waals surface area contributed by atoms with Crippen LogP contribution in [0.4, 0.5) is 0 Å². The van der Waals surface area contributed by atoms with E-state index < -0.39 is 0 Å². The molecular formula is C25H29N3O3. The highest BCUT2D eigenvalue weighted by molar-refractivity contribution is 5.76. The lowest BCUT2D eigenvalue weighted by atomic mass is 10.2. The maximum Gasteiger partial charge on any atom is 0.228 e. The molecule has 1 amide bonds. The first kappa shape index (κ1) is 21.0. The average molecular weight is 420 g/mol. The van der Waals surface area contributed by atoms with Crippen molar-refractivity contribution in [2.75, 3.05) is 13.7 Å². The monoisotopic (exact) mass is 419 g/mol. The molecule has 1 aliphatic rings. The Labute approximate surface area is 183 Å². The number of hydrogen-bond donors (Lipinski definition) is 0. The predicted octanol–water partition coefficient (Wildman–Crippen LogP) is 5.13. The molecule has 0 N–H and O–H groups in total. The highest BCUT2D eigenvalue weighted by Gasteiger charge is 2.29. The molecule has 162 valence electrons. The van der Waals surface area contributed by atoms with Crippen LogP contribution in [0.2, 0.25) is 0 Å². The van der Waals surface area contributed by atoms with Crippen LogP contribution in [-0.4, -0.2) is 34.2 Å². The van der Waals surface area contributed by atoms with Crippen LogP contribution in [0.5, 0.6) is 17.4 Å². The number of aryl methyl sites for hydroxylation is 1. The van der Waals surface area contributed by atoms with Crippen molar-refractivity contribution in [3.8, 4) is 23.1 Å². The van der Waals surface area contributed by atoms with E-state index in [1.165, 1.54) is 12.8 Å². The summed E-state index contributed by atoms with van der Waals surface area (Å²) in [5.41, 5.74) is 2.66. The van der Waals surface area contributed by atoms with E-state index in [9.17, 15) is 4.79 Å². The van der Waals surface area contributed by atoms with Crippen molar-refractivity contribution in [1.82, 2.24) is 14.7 Å². The van der Waals surface area contributed by atoms with Crippen molar-refractivity contribution >= 4 is 5.91 Å². The molecule has 4 rings (SSSR count). The number of para-hydroxylation sites is 3. The quantitative estimate of drug-likeness (QED) is 0.482. The number of methoxy groups -OCH3 is 1. The summed E-state index contributed by atoms with van der Waals surface area (Å²) in [6.45, 7) is 5.15. The van der Waals surface area contributed by atoms with E-state index in [1.807, 2.05) is 78.0 Å². The molecule has 0 saturated heterocycles. The molecule has 1 aliphatic carbocycles. The molecule has 0 radical (unpaired) electrons. The molecule has 1 heterocycles. The number of ether oxygens (including phenoxy) is 2. The van der Waals surface area contributed by atoms with Gasteiger partial charge >= 0.3 is 0 Å². The second-order valence-corrected chi connectivity index (χ2v) is 7.94. The molecule has 0 atom stereocenters. The van der Waals surface area contributed by atoms with Gasteiger partial charge in [0.1, 0.15) is 0 Å². The van der Waals surface area contributed by atoms with Gasteiger partial charge in [-0.15, -0.1) is 0 Å². The van der Waals surface area contributed by atoms with Crippen molar-refractivity contribution < 1.29 is 14.3 Å². The van der Waals surface area contributed by atoms with E-state index in [4.69, 9.17) is 14.6 Å². The third-order valence-electron chi connectivity index (χ3n) is 5.59. The van der Waals surface area contributed by atoms with Gasteiger partial charge in [-0.3, -0.25) is 4.79 Å². The molecule has 0 spiro atoms. The number of amides is 1. The zero-order chi connectivity index (χ0) is 21.8. The van der Waals surface area contributed by atoms with Crippen LogP contribution in [0.1, 0.15) is 37.4 Å². The van der Waals surface area contributed by atoms with Gasteiger partial charge < -0.3 is 14.4 Å². The van der Waals surface area contributed by atoms with Crippen LogP contribution >= 0.6 is 0 Å². The summed E-state index contributed by atoms with van der Waals surface area (Å²) in [5.74, 6) is 2.63. The second-order valence-electron chi connectivity index (χ2n) is 7.94. The van der Waals surface area contributed by atoms with Gasteiger partial charge in [0, 0.05) is 13.0 Å². The molecule has 3 aromatic rings. The smallest absolute Gasteiger partial charge is 0.228 e. The lowest BCUT2D eigenvalue weighted by Crippen LogP contribution is -2.32. The summed E-state index contributed by atoms with van der Waals surface area (Å²) in [6.07, 6.45) is 2.88. The van der Waals surface area contributed by atoms with Crippen molar-refractivity contribution in [3.63, 3.8) is 0 Å². The van der Waals surface area contributed by atoms with Gasteiger partial charge in [-0.2, -0.15) is 5.10 Å². The third-order valence-corrected chi connectivity index (χ3v) is 5.59. The Bertz CT molecular complexity index is 1040. The molecule has 0 unspecified atom stereocenters. The molecule has 1 aromatic heterocycles. The Kier molecular flexibility index (Phi) is 6.26. The molecule has 0 aliphatic heterocycles. The number of hydrogen-bond acceptors (Lipinski definition) is 4. The van der Waals surface area contributed by atoms with E-state index >= 15 is 0 Å². The van der Waals surface area contributed by atoms with Gasteiger partial charge in [0.25, 0.3) is 0 Å². The van der Waals surface area contributed by atoms with Crippen molar-refractivity contribution in [1.29, 1.82) is 0 Å². The molecule has 0 bridgehead atoms. The van der Waals surface area contributed by atoms with Crippen LogP contribution in [0, 0.1) is 12.8 Å². The highest BCUT2D eigenvalue weighted by Crippen LogP contribution is 2.37.